The number of nitrogens with one attached hydrogen (secondary N) is 2. The van der Waals surface area contributed by atoms with Gasteiger partial charge in [-0.2, -0.15) is 5.26 Å². The minimum atomic E-state index is -1.04. The van der Waals surface area contributed by atoms with Gasteiger partial charge in [-0.1, -0.05) is 18.2 Å². The minimum absolute atomic E-state index is 0.298. The SMILES string of the molecule is N#Cc1cccc(NC(=O)C2(C(=O)NCCc3ccc(F)cc3)CC2)c1. The number of amides is 2. The van der Waals surface area contributed by atoms with E-state index >= 15 is 0 Å². The molecule has 1 fully saturated rings. The summed E-state index contributed by atoms with van der Waals surface area (Å²) in [6.07, 6.45) is 1.56. The van der Waals surface area contributed by atoms with Crippen molar-refractivity contribution in [3.63, 3.8) is 0 Å². The van der Waals surface area contributed by atoms with Gasteiger partial charge < -0.3 is 10.6 Å². The van der Waals surface area contributed by atoms with Crippen molar-refractivity contribution in [3.8, 4) is 6.07 Å². The van der Waals surface area contributed by atoms with E-state index in [9.17, 15) is 14.0 Å². The number of carbonyl (C=O) groups excluding carboxylic acids is 2. The molecule has 5 nitrogen and oxygen atoms in total. The topological polar surface area (TPSA) is 82.0 Å². The first kappa shape index (κ1) is 17.6. The Morgan fingerprint density at radius 3 is 2.50 bits per heavy atom. The highest BCUT2D eigenvalue weighted by Gasteiger charge is 2.56. The van der Waals surface area contributed by atoms with Crippen molar-refractivity contribution in [1.82, 2.24) is 5.32 Å². The molecule has 3 rings (SSSR count). The van der Waals surface area contributed by atoms with Crippen molar-refractivity contribution >= 4 is 17.5 Å². The number of hydrogen-bond donors (Lipinski definition) is 2. The lowest BCUT2D eigenvalue weighted by atomic mass is 10.0. The molecule has 0 aliphatic heterocycles. The Kier molecular flexibility index (Phi) is 4.99. The van der Waals surface area contributed by atoms with E-state index in [4.69, 9.17) is 5.26 Å². The first-order chi connectivity index (χ1) is 12.5. The first-order valence-corrected chi connectivity index (χ1v) is 8.38. The second-order valence-electron chi connectivity index (χ2n) is 6.36. The van der Waals surface area contributed by atoms with Crippen molar-refractivity contribution in [2.24, 2.45) is 5.41 Å². The van der Waals surface area contributed by atoms with Gasteiger partial charge in [-0.15, -0.1) is 0 Å². The highest BCUT2D eigenvalue weighted by Crippen LogP contribution is 2.46. The maximum Gasteiger partial charge on any atom is 0.240 e. The summed E-state index contributed by atoms with van der Waals surface area (Å²) in [7, 11) is 0. The Labute approximate surface area is 150 Å². The molecule has 0 heterocycles. The lowest BCUT2D eigenvalue weighted by Gasteiger charge is -2.15. The van der Waals surface area contributed by atoms with Crippen LogP contribution in [0.25, 0.3) is 0 Å². The van der Waals surface area contributed by atoms with Crippen LogP contribution in [0.3, 0.4) is 0 Å². The van der Waals surface area contributed by atoms with E-state index in [1.54, 1.807) is 36.4 Å². The van der Waals surface area contributed by atoms with Crippen LogP contribution < -0.4 is 10.6 Å². The van der Waals surface area contributed by atoms with Crippen LogP contribution in [0.2, 0.25) is 0 Å². The smallest absolute Gasteiger partial charge is 0.240 e. The summed E-state index contributed by atoms with van der Waals surface area (Å²) in [5, 5.41) is 14.4. The molecule has 0 saturated heterocycles. The fourth-order valence-corrected chi connectivity index (χ4v) is 2.74. The summed E-state index contributed by atoms with van der Waals surface area (Å²) in [6.45, 7) is 0.378. The van der Waals surface area contributed by atoms with Crippen molar-refractivity contribution < 1.29 is 14.0 Å². The van der Waals surface area contributed by atoms with Gasteiger partial charge in [0.15, 0.2) is 0 Å². The molecule has 0 bridgehead atoms. The van der Waals surface area contributed by atoms with Crippen LogP contribution in [0.15, 0.2) is 48.5 Å². The van der Waals surface area contributed by atoms with E-state index in [0.717, 1.165) is 5.56 Å². The zero-order valence-electron chi connectivity index (χ0n) is 14.1. The quantitative estimate of drug-likeness (QED) is 0.785. The van der Waals surface area contributed by atoms with Gasteiger partial charge in [-0.3, -0.25) is 9.59 Å². The monoisotopic (exact) mass is 351 g/mol. The number of nitrogens with zero attached hydrogens (tertiary/aromatic N) is 1. The standard InChI is InChI=1S/C20H18FN3O2/c21-16-6-4-14(5-7-16)8-11-23-18(25)20(9-10-20)19(26)24-17-3-1-2-15(12-17)13-22/h1-7,12H,8-11H2,(H,23,25)(H,24,26). The van der Waals surface area contributed by atoms with Gasteiger partial charge in [0.1, 0.15) is 11.2 Å². The third kappa shape index (κ3) is 3.89. The molecule has 2 aromatic rings. The molecule has 1 aliphatic rings. The summed E-state index contributed by atoms with van der Waals surface area (Å²) in [4.78, 5) is 25.0. The molecular formula is C20H18FN3O2. The number of benzene rings is 2. The van der Waals surface area contributed by atoms with Crippen LogP contribution in [0, 0.1) is 22.6 Å². The average Bonchev–Trinajstić information content (AvgIpc) is 3.45. The Hall–Kier alpha value is -3.20. The summed E-state index contributed by atoms with van der Waals surface area (Å²) < 4.78 is 12.9. The van der Waals surface area contributed by atoms with Crippen molar-refractivity contribution in [2.45, 2.75) is 19.3 Å². The Bertz CT molecular complexity index is 867. The lowest BCUT2D eigenvalue weighted by molar-refractivity contribution is -0.134. The van der Waals surface area contributed by atoms with Gasteiger partial charge in [-0.25, -0.2) is 4.39 Å². The maximum absolute atomic E-state index is 12.9. The number of rotatable bonds is 6. The number of anilines is 1. The Morgan fingerprint density at radius 2 is 1.85 bits per heavy atom. The highest BCUT2D eigenvalue weighted by atomic mass is 19.1. The molecule has 0 aromatic heterocycles. The van der Waals surface area contributed by atoms with Crippen LogP contribution >= 0.6 is 0 Å². The van der Waals surface area contributed by atoms with Crippen molar-refractivity contribution in [1.29, 1.82) is 5.26 Å². The van der Waals surface area contributed by atoms with Crippen LogP contribution in [0.5, 0.6) is 0 Å². The molecule has 26 heavy (non-hydrogen) atoms. The summed E-state index contributed by atoms with van der Waals surface area (Å²) >= 11 is 0. The first-order valence-electron chi connectivity index (χ1n) is 8.38. The third-order valence-electron chi connectivity index (χ3n) is 4.48. The minimum Gasteiger partial charge on any atom is -0.355 e. The fraction of sp³-hybridized carbons (Fsp3) is 0.250. The molecule has 0 atom stereocenters. The Morgan fingerprint density at radius 1 is 1.12 bits per heavy atom. The predicted octanol–water partition coefficient (Wildman–Crippen LogP) is 2.77. The number of hydrogen-bond acceptors (Lipinski definition) is 3. The van der Waals surface area contributed by atoms with Gasteiger partial charge in [0.05, 0.1) is 11.6 Å². The normalized spacial score (nSPS) is 14.2. The molecular weight excluding hydrogens is 333 g/mol. The molecule has 0 unspecified atom stereocenters. The van der Waals surface area contributed by atoms with E-state index in [1.165, 1.54) is 12.1 Å². The predicted molar refractivity (Wildman–Crippen MR) is 94.6 cm³/mol. The van der Waals surface area contributed by atoms with E-state index in [1.807, 2.05) is 6.07 Å². The van der Waals surface area contributed by atoms with Gasteiger partial charge in [0.25, 0.3) is 0 Å². The fourth-order valence-electron chi connectivity index (χ4n) is 2.74. The van der Waals surface area contributed by atoms with E-state index < -0.39 is 5.41 Å². The second kappa shape index (κ2) is 7.36. The van der Waals surface area contributed by atoms with E-state index in [-0.39, 0.29) is 17.6 Å². The largest absolute Gasteiger partial charge is 0.355 e. The van der Waals surface area contributed by atoms with Crippen molar-refractivity contribution in [2.75, 3.05) is 11.9 Å². The second-order valence-corrected chi connectivity index (χ2v) is 6.36. The summed E-state index contributed by atoms with van der Waals surface area (Å²) in [6, 6.07) is 14.7. The molecule has 1 aliphatic carbocycles. The maximum atomic E-state index is 12.9. The Balaban J connectivity index is 1.55. The highest BCUT2D eigenvalue weighted by molar-refractivity contribution is 6.13. The molecule has 6 heteroatoms. The van der Waals surface area contributed by atoms with E-state index in [2.05, 4.69) is 10.6 Å². The molecule has 0 spiro atoms. The van der Waals surface area contributed by atoms with Crippen LogP contribution in [0.1, 0.15) is 24.0 Å². The van der Waals surface area contributed by atoms with Gasteiger partial charge in [-0.05, 0) is 55.2 Å². The molecule has 1 saturated carbocycles. The summed E-state index contributed by atoms with van der Waals surface area (Å²) in [5.74, 6) is -0.952. The van der Waals surface area contributed by atoms with Crippen LogP contribution in [0.4, 0.5) is 10.1 Å². The number of halogens is 1. The third-order valence-corrected chi connectivity index (χ3v) is 4.48. The van der Waals surface area contributed by atoms with Gasteiger partial charge >= 0.3 is 0 Å². The molecule has 2 N–H and O–H groups in total. The zero-order valence-corrected chi connectivity index (χ0v) is 14.1. The molecule has 0 radical (unpaired) electrons. The number of nitriles is 1. The molecule has 132 valence electrons. The molecule has 2 amide bonds. The number of carbonyl (C=O) groups is 2. The van der Waals surface area contributed by atoms with Gasteiger partial charge in [0.2, 0.25) is 11.8 Å². The zero-order chi connectivity index (χ0) is 18.6. The van der Waals surface area contributed by atoms with Crippen LogP contribution in [-0.2, 0) is 16.0 Å². The lowest BCUT2D eigenvalue weighted by Crippen LogP contribution is -2.40. The summed E-state index contributed by atoms with van der Waals surface area (Å²) in [5.41, 5.74) is 0.816. The van der Waals surface area contributed by atoms with E-state index in [0.29, 0.717) is 37.1 Å². The van der Waals surface area contributed by atoms with Crippen molar-refractivity contribution in [3.05, 3.63) is 65.5 Å². The molecule has 2 aromatic carbocycles. The van der Waals surface area contributed by atoms with Gasteiger partial charge in [0, 0.05) is 12.2 Å². The van der Waals surface area contributed by atoms with Crippen LogP contribution in [-0.4, -0.2) is 18.4 Å². The average molecular weight is 351 g/mol.